The molecule has 0 atom stereocenters. The van der Waals surface area contributed by atoms with Crippen molar-refractivity contribution in [1.82, 2.24) is 0 Å². The van der Waals surface area contributed by atoms with E-state index >= 15 is 0 Å². The molecule has 1 aromatic carbocycles. The molecule has 2 amide bonds. The number of urea groups is 1. The number of rotatable bonds is 4. The fraction of sp³-hybridized carbons (Fsp3) is 0.462. The van der Waals surface area contributed by atoms with E-state index < -0.39 is 6.03 Å². The lowest BCUT2D eigenvalue weighted by molar-refractivity contribution is 0.259. The largest absolute Gasteiger partial charge is 0.351 e. The Morgan fingerprint density at radius 1 is 1.31 bits per heavy atom. The summed E-state index contributed by atoms with van der Waals surface area (Å²) in [6, 6.07) is 3.73. The van der Waals surface area contributed by atoms with Gasteiger partial charge in [-0.25, -0.2) is 4.79 Å². The van der Waals surface area contributed by atoms with Crippen LogP contribution in [0.4, 0.5) is 10.5 Å². The number of amides is 2. The molecule has 0 aliphatic carbocycles. The highest BCUT2D eigenvalue weighted by Gasteiger charge is 2.06. The predicted octanol–water partition coefficient (Wildman–Crippen LogP) is 3.14. The first-order chi connectivity index (χ1) is 7.54. The van der Waals surface area contributed by atoms with Crippen molar-refractivity contribution in [3.8, 4) is 0 Å². The molecule has 16 heavy (non-hydrogen) atoms. The number of nitrogens with two attached hydrogens (primary N) is 1. The van der Waals surface area contributed by atoms with Gasteiger partial charge in [0.2, 0.25) is 0 Å². The topological polar surface area (TPSA) is 55.1 Å². The van der Waals surface area contributed by atoms with Gasteiger partial charge in [-0.15, -0.1) is 0 Å². The number of carbonyl (C=O) groups is 1. The summed E-state index contributed by atoms with van der Waals surface area (Å²) in [5.41, 5.74) is 9.44. The molecule has 0 aromatic heterocycles. The maximum absolute atomic E-state index is 10.8. The van der Waals surface area contributed by atoms with Gasteiger partial charge in [0.1, 0.15) is 0 Å². The van der Waals surface area contributed by atoms with Crippen LogP contribution in [0.1, 0.15) is 36.5 Å². The van der Waals surface area contributed by atoms with Crippen LogP contribution in [0.5, 0.6) is 0 Å². The van der Waals surface area contributed by atoms with Gasteiger partial charge in [0.15, 0.2) is 0 Å². The van der Waals surface area contributed by atoms with Gasteiger partial charge in [-0.3, -0.25) is 0 Å². The van der Waals surface area contributed by atoms with Gasteiger partial charge in [-0.05, 0) is 43.4 Å². The normalized spacial score (nSPS) is 10.2. The Bertz CT molecular complexity index is 363. The Morgan fingerprint density at radius 3 is 2.31 bits per heavy atom. The standard InChI is InChI=1S/C13H20N2O/c1-4-5-6-11-7-9(2)12(10(3)8-11)15-13(14)16/h7-8H,4-6H2,1-3H3,(H3,14,15,16). The van der Waals surface area contributed by atoms with Crippen molar-refractivity contribution in [1.29, 1.82) is 0 Å². The van der Waals surface area contributed by atoms with E-state index in [2.05, 4.69) is 24.4 Å². The second-order valence-electron chi connectivity index (χ2n) is 4.20. The zero-order chi connectivity index (χ0) is 12.1. The lowest BCUT2D eigenvalue weighted by Gasteiger charge is -2.12. The minimum Gasteiger partial charge on any atom is -0.351 e. The fourth-order valence-corrected chi connectivity index (χ4v) is 1.90. The average molecular weight is 220 g/mol. The maximum atomic E-state index is 10.8. The molecule has 1 aromatic rings. The Labute approximate surface area is 97.0 Å². The van der Waals surface area contributed by atoms with E-state index in [1.807, 2.05) is 13.8 Å². The molecule has 0 aliphatic rings. The third-order valence-electron chi connectivity index (χ3n) is 2.66. The Morgan fingerprint density at radius 2 is 1.88 bits per heavy atom. The summed E-state index contributed by atoms with van der Waals surface area (Å²) in [7, 11) is 0. The van der Waals surface area contributed by atoms with E-state index in [1.54, 1.807) is 0 Å². The number of hydrogen-bond acceptors (Lipinski definition) is 1. The molecule has 0 bridgehead atoms. The highest BCUT2D eigenvalue weighted by atomic mass is 16.2. The number of carbonyl (C=O) groups excluding carboxylic acids is 1. The number of anilines is 1. The van der Waals surface area contributed by atoms with Gasteiger partial charge in [0.25, 0.3) is 0 Å². The molecule has 0 radical (unpaired) electrons. The number of unbranched alkanes of at least 4 members (excludes halogenated alkanes) is 1. The highest BCUT2D eigenvalue weighted by molar-refractivity contribution is 5.89. The molecule has 0 unspecified atom stereocenters. The molecule has 0 heterocycles. The third-order valence-corrected chi connectivity index (χ3v) is 2.66. The monoisotopic (exact) mass is 220 g/mol. The zero-order valence-corrected chi connectivity index (χ0v) is 10.3. The zero-order valence-electron chi connectivity index (χ0n) is 10.3. The fourth-order valence-electron chi connectivity index (χ4n) is 1.90. The molecule has 3 nitrogen and oxygen atoms in total. The van der Waals surface area contributed by atoms with Gasteiger partial charge in [-0.1, -0.05) is 25.5 Å². The van der Waals surface area contributed by atoms with E-state index in [1.165, 1.54) is 18.4 Å². The Hall–Kier alpha value is -1.51. The molecule has 0 saturated carbocycles. The Kier molecular flexibility index (Phi) is 4.35. The highest BCUT2D eigenvalue weighted by Crippen LogP contribution is 2.22. The Balaban J connectivity index is 2.93. The summed E-state index contributed by atoms with van der Waals surface area (Å²) >= 11 is 0. The van der Waals surface area contributed by atoms with Crippen molar-refractivity contribution in [3.63, 3.8) is 0 Å². The van der Waals surface area contributed by atoms with Crippen molar-refractivity contribution in [2.75, 3.05) is 5.32 Å². The minimum atomic E-state index is -0.507. The van der Waals surface area contributed by atoms with Gasteiger partial charge in [0.05, 0.1) is 0 Å². The van der Waals surface area contributed by atoms with Crippen LogP contribution >= 0.6 is 0 Å². The van der Waals surface area contributed by atoms with Crippen molar-refractivity contribution in [2.45, 2.75) is 40.0 Å². The van der Waals surface area contributed by atoms with Crippen molar-refractivity contribution in [2.24, 2.45) is 5.73 Å². The van der Waals surface area contributed by atoms with Crippen molar-refractivity contribution < 1.29 is 4.79 Å². The van der Waals surface area contributed by atoms with Crippen molar-refractivity contribution >= 4 is 11.7 Å². The molecular weight excluding hydrogens is 200 g/mol. The van der Waals surface area contributed by atoms with E-state index in [-0.39, 0.29) is 0 Å². The first kappa shape index (κ1) is 12.6. The van der Waals surface area contributed by atoms with E-state index in [0.29, 0.717) is 0 Å². The number of aryl methyl sites for hydroxylation is 3. The summed E-state index contributed by atoms with van der Waals surface area (Å²) in [5.74, 6) is 0. The smallest absolute Gasteiger partial charge is 0.316 e. The van der Waals surface area contributed by atoms with Gasteiger partial charge < -0.3 is 11.1 Å². The van der Waals surface area contributed by atoms with Crippen LogP contribution in [0.3, 0.4) is 0 Å². The summed E-state index contributed by atoms with van der Waals surface area (Å²) in [6.07, 6.45) is 3.48. The number of primary amides is 1. The van der Waals surface area contributed by atoms with Gasteiger partial charge >= 0.3 is 6.03 Å². The number of hydrogen-bond donors (Lipinski definition) is 2. The molecular formula is C13H20N2O. The molecule has 3 N–H and O–H groups in total. The van der Waals surface area contributed by atoms with Crippen LogP contribution in [0.2, 0.25) is 0 Å². The SMILES string of the molecule is CCCCc1cc(C)c(NC(N)=O)c(C)c1. The van der Waals surface area contributed by atoms with E-state index in [9.17, 15) is 4.79 Å². The van der Waals surface area contributed by atoms with Crippen LogP contribution in [0, 0.1) is 13.8 Å². The predicted molar refractivity (Wildman–Crippen MR) is 67.7 cm³/mol. The van der Waals surface area contributed by atoms with Gasteiger partial charge in [0, 0.05) is 5.69 Å². The molecule has 1 rings (SSSR count). The van der Waals surface area contributed by atoms with Crippen LogP contribution in [-0.4, -0.2) is 6.03 Å². The number of benzene rings is 1. The van der Waals surface area contributed by atoms with E-state index in [4.69, 9.17) is 5.73 Å². The summed E-state index contributed by atoms with van der Waals surface area (Å²) in [4.78, 5) is 10.8. The second-order valence-corrected chi connectivity index (χ2v) is 4.20. The van der Waals surface area contributed by atoms with Crippen LogP contribution in [0.25, 0.3) is 0 Å². The summed E-state index contributed by atoms with van der Waals surface area (Å²) in [5, 5.41) is 2.66. The van der Waals surface area contributed by atoms with E-state index in [0.717, 1.165) is 23.2 Å². The van der Waals surface area contributed by atoms with Crippen LogP contribution in [0.15, 0.2) is 12.1 Å². The lowest BCUT2D eigenvalue weighted by Crippen LogP contribution is -2.20. The maximum Gasteiger partial charge on any atom is 0.316 e. The first-order valence-electron chi connectivity index (χ1n) is 5.71. The quantitative estimate of drug-likeness (QED) is 0.804. The summed E-state index contributed by atoms with van der Waals surface area (Å²) in [6.45, 7) is 6.17. The summed E-state index contributed by atoms with van der Waals surface area (Å²) < 4.78 is 0. The molecule has 0 fully saturated rings. The average Bonchev–Trinajstić information content (AvgIpc) is 2.20. The lowest BCUT2D eigenvalue weighted by atomic mass is 10.0. The molecule has 0 aliphatic heterocycles. The molecule has 0 saturated heterocycles. The molecule has 88 valence electrons. The van der Waals surface area contributed by atoms with Crippen LogP contribution in [-0.2, 0) is 6.42 Å². The first-order valence-corrected chi connectivity index (χ1v) is 5.71. The van der Waals surface area contributed by atoms with Crippen LogP contribution < -0.4 is 11.1 Å². The van der Waals surface area contributed by atoms with Crippen molar-refractivity contribution in [3.05, 3.63) is 28.8 Å². The molecule has 3 heteroatoms. The molecule has 0 spiro atoms. The third kappa shape index (κ3) is 3.26. The second kappa shape index (κ2) is 5.54. The van der Waals surface area contributed by atoms with Gasteiger partial charge in [-0.2, -0.15) is 0 Å². The minimum absolute atomic E-state index is 0.507. The number of nitrogens with one attached hydrogen (secondary N) is 1.